The van der Waals surface area contributed by atoms with E-state index in [1.165, 1.54) is 5.56 Å². The summed E-state index contributed by atoms with van der Waals surface area (Å²) in [5.41, 5.74) is 1.51. The lowest BCUT2D eigenvalue weighted by Crippen LogP contribution is -2.54. The Bertz CT molecular complexity index is 850. The number of carbonyl (C=O) groups excluding carboxylic acids is 3. The van der Waals surface area contributed by atoms with E-state index in [-0.39, 0.29) is 29.8 Å². The number of hydrogen-bond donors (Lipinski definition) is 2. The Hall–Kier alpha value is -2.37. The van der Waals surface area contributed by atoms with Crippen molar-refractivity contribution in [2.24, 2.45) is 11.3 Å². The van der Waals surface area contributed by atoms with Gasteiger partial charge in [-0.3, -0.25) is 14.5 Å². The predicted octanol–water partition coefficient (Wildman–Crippen LogP) is 3.32. The maximum absolute atomic E-state index is 13.2. The third-order valence-corrected chi connectivity index (χ3v) is 6.63. The van der Waals surface area contributed by atoms with Gasteiger partial charge < -0.3 is 10.6 Å². The van der Waals surface area contributed by atoms with Crippen LogP contribution in [0.2, 0.25) is 0 Å². The third kappa shape index (κ3) is 3.77. The maximum atomic E-state index is 13.2. The Kier molecular flexibility index (Phi) is 4.91. The molecular formula is C23H31N3O3. The molecule has 2 fully saturated rings. The lowest BCUT2D eigenvalue weighted by molar-refractivity contribution is -0.137. The van der Waals surface area contributed by atoms with Crippen molar-refractivity contribution in [3.8, 4) is 0 Å². The monoisotopic (exact) mass is 397 g/mol. The number of hydrogen-bond acceptors (Lipinski definition) is 3. The highest BCUT2D eigenvalue weighted by Crippen LogP contribution is 2.46. The highest BCUT2D eigenvalue weighted by atomic mass is 16.2. The van der Waals surface area contributed by atoms with Crippen LogP contribution in [0.25, 0.3) is 0 Å². The molecule has 1 aromatic rings. The van der Waals surface area contributed by atoms with Gasteiger partial charge in [-0.1, -0.05) is 45.0 Å². The number of aryl methyl sites for hydroxylation is 1. The largest absolute Gasteiger partial charge is 0.348 e. The molecule has 0 unspecified atom stereocenters. The quantitative estimate of drug-likeness (QED) is 0.768. The van der Waals surface area contributed by atoms with Crippen molar-refractivity contribution in [3.63, 3.8) is 0 Å². The SMILES string of the molecule is C[C@H]1CC(C)(C)C[C@@]2(C1)NC(=O)N(CC(=O)N[C@@H]1CCCc3ccccc31)C2=O. The smallest absolute Gasteiger partial charge is 0.325 e. The second-order valence-electron chi connectivity index (χ2n) is 9.97. The van der Waals surface area contributed by atoms with Gasteiger partial charge in [0.15, 0.2) is 0 Å². The molecule has 4 rings (SSSR count). The first-order valence-corrected chi connectivity index (χ1v) is 10.7. The lowest BCUT2D eigenvalue weighted by Gasteiger charge is -2.43. The summed E-state index contributed by atoms with van der Waals surface area (Å²) in [6.07, 6.45) is 5.18. The summed E-state index contributed by atoms with van der Waals surface area (Å²) in [4.78, 5) is 39.7. The zero-order chi connectivity index (χ0) is 20.8. The molecule has 2 aliphatic carbocycles. The van der Waals surface area contributed by atoms with Gasteiger partial charge in [-0.25, -0.2) is 4.79 Å². The minimum atomic E-state index is -0.865. The van der Waals surface area contributed by atoms with Crippen molar-refractivity contribution in [3.05, 3.63) is 35.4 Å². The number of benzene rings is 1. The Morgan fingerprint density at radius 2 is 2.00 bits per heavy atom. The van der Waals surface area contributed by atoms with Gasteiger partial charge in [0.2, 0.25) is 5.91 Å². The van der Waals surface area contributed by atoms with Crippen LogP contribution in [0.3, 0.4) is 0 Å². The van der Waals surface area contributed by atoms with Gasteiger partial charge in [-0.15, -0.1) is 0 Å². The van der Waals surface area contributed by atoms with Crippen LogP contribution in [-0.2, 0) is 16.0 Å². The molecule has 3 atom stereocenters. The van der Waals surface area contributed by atoms with Crippen LogP contribution < -0.4 is 10.6 Å². The average molecular weight is 398 g/mol. The van der Waals surface area contributed by atoms with E-state index in [0.29, 0.717) is 18.8 Å². The second kappa shape index (κ2) is 7.15. The van der Waals surface area contributed by atoms with Gasteiger partial charge in [0.1, 0.15) is 12.1 Å². The van der Waals surface area contributed by atoms with Gasteiger partial charge in [0.25, 0.3) is 5.91 Å². The van der Waals surface area contributed by atoms with Crippen molar-refractivity contribution in [2.75, 3.05) is 6.54 Å². The number of carbonyl (C=O) groups is 3. The fourth-order valence-corrected chi connectivity index (χ4v) is 5.94. The summed E-state index contributed by atoms with van der Waals surface area (Å²) in [5, 5.41) is 5.98. The maximum Gasteiger partial charge on any atom is 0.325 e. The fraction of sp³-hybridized carbons (Fsp3) is 0.609. The summed E-state index contributed by atoms with van der Waals surface area (Å²) >= 11 is 0. The number of rotatable bonds is 3. The van der Waals surface area contributed by atoms with Crippen LogP contribution in [0.15, 0.2) is 24.3 Å². The van der Waals surface area contributed by atoms with E-state index in [0.717, 1.165) is 36.1 Å². The van der Waals surface area contributed by atoms with E-state index >= 15 is 0 Å². The molecule has 1 saturated carbocycles. The third-order valence-electron chi connectivity index (χ3n) is 6.63. The highest BCUT2D eigenvalue weighted by molar-refractivity contribution is 6.09. The van der Waals surface area contributed by atoms with Gasteiger partial charge in [-0.2, -0.15) is 0 Å². The molecule has 1 aliphatic heterocycles. The highest BCUT2D eigenvalue weighted by Gasteiger charge is 2.56. The van der Waals surface area contributed by atoms with Crippen LogP contribution >= 0.6 is 0 Å². The molecule has 6 heteroatoms. The Morgan fingerprint density at radius 3 is 2.76 bits per heavy atom. The molecule has 1 heterocycles. The molecule has 0 aromatic heterocycles. The normalized spacial score (nSPS) is 30.8. The molecule has 0 bridgehead atoms. The van der Waals surface area contributed by atoms with Gasteiger partial charge in [0, 0.05) is 0 Å². The molecule has 6 nitrogen and oxygen atoms in total. The molecular weight excluding hydrogens is 366 g/mol. The number of urea groups is 1. The number of imide groups is 1. The Morgan fingerprint density at radius 1 is 1.24 bits per heavy atom. The van der Waals surface area contributed by atoms with Crippen molar-refractivity contribution >= 4 is 17.8 Å². The summed E-state index contributed by atoms with van der Waals surface area (Å²) < 4.78 is 0. The van der Waals surface area contributed by atoms with Gasteiger partial charge in [-0.05, 0) is 61.0 Å². The first kappa shape index (κ1) is 19.9. The topological polar surface area (TPSA) is 78.5 Å². The van der Waals surface area contributed by atoms with Gasteiger partial charge >= 0.3 is 6.03 Å². The van der Waals surface area contributed by atoms with Crippen LogP contribution in [0.5, 0.6) is 0 Å². The number of amides is 4. The Labute approximate surface area is 172 Å². The van der Waals surface area contributed by atoms with Crippen molar-refractivity contribution in [2.45, 2.75) is 70.9 Å². The zero-order valence-corrected chi connectivity index (χ0v) is 17.6. The number of nitrogens with zero attached hydrogens (tertiary/aromatic N) is 1. The number of nitrogens with one attached hydrogen (secondary N) is 2. The molecule has 1 spiro atoms. The molecule has 29 heavy (non-hydrogen) atoms. The molecule has 1 saturated heterocycles. The minimum Gasteiger partial charge on any atom is -0.348 e. The van der Waals surface area contributed by atoms with Crippen LogP contribution in [-0.4, -0.2) is 34.8 Å². The molecule has 156 valence electrons. The summed E-state index contributed by atoms with van der Waals surface area (Å²) in [7, 11) is 0. The molecule has 4 amide bonds. The minimum absolute atomic E-state index is 0.0231. The van der Waals surface area contributed by atoms with E-state index in [2.05, 4.69) is 37.5 Å². The second-order valence-corrected chi connectivity index (χ2v) is 9.97. The number of fused-ring (bicyclic) bond motifs is 1. The summed E-state index contributed by atoms with van der Waals surface area (Å²) in [6, 6.07) is 7.64. The van der Waals surface area contributed by atoms with E-state index < -0.39 is 11.6 Å². The lowest BCUT2D eigenvalue weighted by atomic mass is 9.64. The first-order chi connectivity index (χ1) is 13.7. The van der Waals surface area contributed by atoms with Crippen LogP contribution in [0.4, 0.5) is 4.79 Å². The van der Waals surface area contributed by atoms with E-state index in [4.69, 9.17) is 0 Å². The summed E-state index contributed by atoms with van der Waals surface area (Å²) in [6.45, 7) is 6.18. The van der Waals surface area contributed by atoms with Crippen molar-refractivity contribution in [1.29, 1.82) is 0 Å². The van der Waals surface area contributed by atoms with Crippen molar-refractivity contribution in [1.82, 2.24) is 15.5 Å². The average Bonchev–Trinajstić information content (AvgIpc) is 2.83. The van der Waals surface area contributed by atoms with Gasteiger partial charge in [0.05, 0.1) is 6.04 Å². The van der Waals surface area contributed by atoms with E-state index in [1.54, 1.807) is 0 Å². The van der Waals surface area contributed by atoms with Crippen LogP contribution in [0.1, 0.15) is 70.0 Å². The first-order valence-electron chi connectivity index (χ1n) is 10.7. The van der Waals surface area contributed by atoms with E-state index in [9.17, 15) is 14.4 Å². The molecule has 2 N–H and O–H groups in total. The molecule has 1 aromatic carbocycles. The van der Waals surface area contributed by atoms with E-state index in [1.807, 2.05) is 18.2 Å². The predicted molar refractivity (Wildman–Crippen MR) is 110 cm³/mol. The van der Waals surface area contributed by atoms with Crippen LogP contribution in [0, 0.1) is 11.3 Å². The molecule has 3 aliphatic rings. The standard InChI is InChI=1S/C23H31N3O3/c1-15-11-22(2,3)14-23(12-15)20(28)26(21(29)25-23)13-19(27)24-18-10-6-8-16-7-4-5-9-17(16)18/h4-5,7,9,15,18H,6,8,10-14H2,1-3H3,(H,24,27)(H,25,29)/t15-,18+,23+/m0/s1. The zero-order valence-electron chi connectivity index (χ0n) is 17.6. The summed E-state index contributed by atoms with van der Waals surface area (Å²) in [5.74, 6) is -0.188. The fourth-order valence-electron chi connectivity index (χ4n) is 5.94. The molecule has 0 radical (unpaired) electrons. The van der Waals surface area contributed by atoms with Crippen molar-refractivity contribution < 1.29 is 14.4 Å². The Balaban J connectivity index is 1.45.